The Morgan fingerprint density at radius 1 is 0.929 bits per heavy atom. The fraction of sp³-hybridized carbons (Fsp3) is 0.333. The van der Waals surface area contributed by atoms with Crippen molar-refractivity contribution in [2.45, 2.75) is 11.3 Å². The summed E-state index contributed by atoms with van der Waals surface area (Å²) < 4.78 is 72.9. The van der Waals surface area contributed by atoms with Crippen molar-refractivity contribution in [3.05, 3.63) is 48.5 Å². The first-order chi connectivity index (χ1) is 13.2. The van der Waals surface area contributed by atoms with Gasteiger partial charge in [0.25, 0.3) is 0 Å². The van der Waals surface area contributed by atoms with Crippen molar-refractivity contribution in [1.82, 2.24) is 4.31 Å². The highest BCUT2D eigenvalue weighted by Gasteiger charge is 2.33. The second-order valence-corrected chi connectivity index (χ2v) is 8.05. The number of rotatable bonds is 5. The average Bonchev–Trinajstić information content (AvgIpc) is 2.67. The molecule has 1 saturated heterocycles. The Morgan fingerprint density at radius 2 is 1.57 bits per heavy atom. The van der Waals surface area contributed by atoms with Crippen molar-refractivity contribution in [2.75, 3.05) is 38.2 Å². The molecule has 0 bridgehead atoms. The zero-order valence-electron chi connectivity index (χ0n) is 15.0. The van der Waals surface area contributed by atoms with Gasteiger partial charge in [0.05, 0.1) is 12.0 Å². The van der Waals surface area contributed by atoms with Crippen LogP contribution in [0.4, 0.5) is 18.9 Å². The Kier molecular flexibility index (Phi) is 5.71. The predicted octanol–water partition coefficient (Wildman–Crippen LogP) is 3.10. The highest BCUT2D eigenvalue weighted by atomic mass is 32.2. The molecule has 0 aromatic heterocycles. The molecule has 0 aliphatic carbocycles. The number of alkyl halides is 3. The Labute approximate surface area is 161 Å². The maximum absolute atomic E-state index is 12.8. The fourth-order valence-electron chi connectivity index (χ4n) is 2.96. The van der Waals surface area contributed by atoms with E-state index in [1.54, 1.807) is 7.11 Å². The fourth-order valence-corrected chi connectivity index (χ4v) is 4.42. The molecule has 6 nitrogen and oxygen atoms in total. The number of hydrogen-bond acceptors (Lipinski definition) is 5. The van der Waals surface area contributed by atoms with Crippen molar-refractivity contribution in [3.8, 4) is 11.5 Å². The van der Waals surface area contributed by atoms with Crippen LogP contribution in [0.15, 0.2) is 53.4 Å². The van der Waals surface area contributed by atoms with Crippen molar-refractivity contribution < 1.29 is 31.1 Å². The number of methoxy groups -OCH3 is 1. The minimum Gasteiger partial charge on any atom is -0.497 e. The van der Waals surface area contributed by atoms with Crippen molar-refractivity contribution in [1.29, 1.82) is 0 Å². The molecule has 28 heavy (non-hydrogen) atoms. The Balaban J connectivity index is 1.70. The van der Waals surface area contributed by atoms with Crippen LogP contribution < -0.4 is 14.4 Å². The summed E-state index contributed by atoms with van der Waals surface area (Å²) in [5.41, 5.74) is 0.943. The lowest BCUT2D eigenvalue weighted by molar-refractivity contribution is -0.274. The molecule has 2 aromatic rings. The van der Waals surface area contributed by atoms with Gasteiger partial charge in [-0.05, 0) is 36.4 Å². The number of halogens is 3. The number of sulfonamides is 1. The molecule has 1 fully saturated rings. The monoisotopic (exact) mass is 416 g/mol. The van der Waals surface area contributed by atoms with E-state index in [1.807, 2.05) is 29.2 Å². The van der Waals surface area contributed by atoms with Gasteiger partial charge in [0.2, 0.25) is 10.0 Å². The molecule has 0 spiro atoms. The smallest absolute Gasteiger partial charge is 0.497 e. The number of benzene rings is 2. The number of piperazine rings is 1. The zero-order chi connectivity index (χ0) is 20.4. The third-order valence-corrected chi connectivity index (χ3v) is 6.25. The lowest BCUT2D eigenvalue weighted by atomic mass is 10.2. The van der Waals surface area contributed by atoms with Gasteiger partial charge in [-0.25, -0.2) is 8.42 Å². The van der Waals surface area contributed by atoms with Crippen LogP contribution in [0, 0.1) is 0 Å². The Bertz CT molecular complexity index is 909. The average molecular weight is 416 g/mol. The minimum atomic E-state index is -4.88. The highest BCUT2D eigenvalue weighted by Crippen LogP contribution is 2.27. The van der Waals surface area contributed by atoms with Gasteiger partial charge in [0, 0.05) is 37.9 Å². The van der Waals surface area contributed by atoms with E-state index in [2.05, 4.69) is 4.74 Å². The first-order valence-electron chi connectivity index (χ1n) is 8.44. The van der Waals surface area contributed by atoms with Crippen molar-refractivity contribution >= 4 is 15.7 Å². The van der Waals surface area contributed by atoms with Gasteiger partial charge in [0.1, 0.15) is 11.5 Å². The quantitative estimate of drug-likeness (QED) is 0.750. The topological polar surface area (TPSA) is 59.1 Å². The normalized spacial score (nSPS) is 16.1. The van der Waals surface area contributed by atoms with Gasteiger partial charge >= 0.3 is 6.36 Å². The molecule has 2 aromatic carbocycles. The third kappa shape index (κ3) is 4.68. The molecule has 0 N–H and O–H groups in total. The van der Waals surface area contributed by atoms with Crippen LogP contribution in [0.3, 0.4) is 0 Å². The summed E-state index contributed by atoms with van der Waals surface area (Å²) in [7, 11) is -2.34. The highest BCUT2D eigenvalue weighted by molar-refractivity contribution is 7.89. The number of ether oxygens (including phenoxy) is 2. The molecule has 0 atom stereocenters. The van der Waals surface area contributed by atoms with Crippen LogP contribution in [0.2, 0.25) is 0 Å². The van der Waals surface area contributed by atoms with E-state index < -0.39 is 22.1 Å². The molecule has 0 unspecified atom stereocenters. The molecule has 1 aliphatic rings. The largest absolute Gasteiger partial charge is 0.573 e. The lowest BCUT2D eigenvalue weighted by Crippen LogP contribution is -2.48. The predicted molar refractivity (Wildman–Crippen MR) is 97.1 cm³/mol. The summed E-state index contributed by atoms with van der Waals surface area (Å²) in [4.78, 5) is 1.81. The molecule has 10 heteroatoms. The summed E-state index contributed by atoms with van der Waals surface area (Å²) in [5.74, 6) is 0.163. The first-order valence-corrected chi connectivity index (χ1v) is 9.88. The summed E-state index contributed by atoms with van der Waals surface area (Å²) in [5, 5.41) is 0. The standard InChI is InChI=1S/C18H19F3N2O4S/c1-26-15-7-5-14(6-8-15)22-9-11-23(12-10-22)28(24,25)17-4-2-3-16(13-17)27-18(19,20)21/h2-8,13H,9-12H2,1H3. The summed E-state index contributed by atoms with van der Waals surface area (Å²) in [6, 6.07) is 11.9. The SMILES string of the molecule is COc1ccc(N2CCN(S(=O)(=O)c3cccc(OC(F)(F)F)c3)CC2)cc1. The molecule has 0 radical (unpaired) electrons. The van der Waals surface area contributed by atoms with E-state index in [1.165, 1.54) is 16.4 Å². The molecule has 1 heterocycles. The Hall–Kier alpha value is -2.46. The van der Waals surface area contributed by atoms with Gasteiger partial charge in [-0.15, -0.1) is 13.2 Å². The van der Waals surface area contributed by atoms with Crippen LogP contribution >= 0.6 is 0 Å². The lowest BCUT2D eigenvalue weighted by Gasteiger charge is -2.35. The van der Waals surface area contributed by atoms with Gasteiger partial charge < -0.3 is 14.4 Å². The molecule has 0 amide bonds. The van der Waals surface area contributed by atoms with Crippen LogP contribution in [-0.4, -0.2) is 52.4 Å². The van der Waals surface area contributed by atoms with Gasteiger partial charge in [-0.1, -0.05) is 6.07 Å². The van der Waals surface area contributed by atoms with E-state index >= 15 is 0 Å². The molecule has 3 rings (SSSR count). The summed E-state index contributed by atoms with van der Waals surface area (Å²) in [6.07, 6.45) is -4.88. The van der Waals surface area contributed by atoms with Crippen LogP contribution in [0.5, 0.6) is 11.5 Å². The van der Waals surface area contributed by atoms with E-state index in [4.69, 9.17) is 4.74 Å². The van der Waals surface area contributed by atoms with Crippen molar-refractivity contribution in [2.24, 2.45) is 0 Å². The van der Waals surface area contributed by atoms with Crippen molar-refractivity contribution in [3.63, 3.8) is 0 Å². The molecule has 1 aliphatic heterocycles. The maximum Gasteiger partial charge on any atom is 0.573 e. The summed E-state index contributed by atoms with van der Waals surface area (Å²) in [6.45, 7) is 1.37. The first kappa shape index (κ1) is 20.3. The van der Waals surface area contributed by atoms with Gasteiger partial charge in [-0.2, -0.15) is 4.31 Å². The minimum absolute atomic E-state index is 0.221. The van der Waals surface area contributed by atoms with Crippen LogP contribution in [0.25, 0.3) is 0 Å². The maximum atomic E-state index is 12.8. The third-order valence-electron chi connectivity index (χ3n) is 4.35. The van der Waals surface area contributed by atoms with Crippen LogP contribution in [-0.2, 0) is 10.0 Å². The molecular weight excluding hydrogens is 397 g/mol. The summed E-state index contributed by atoms with van der Waals surface area (Å²) >= 11 is 0. The second kappa shape index (κ2) is 7.88. The number of hydrogen-bond donors (Lipinski definition) is 0. The number of nitrogens with zero attached hydrogens (tertiary/aromatic N) is 2. The van der Waals surface area contributed by atoms with E-state index in [-0.39, 0.29) is 18.0 Å². The van der Waals surface area contributed by atoms with Gasteiger partial charge in [0.15, 0.2) is 0 Å². The number of anilines is 1. The van der Waals surface area contributed by atoms with E-state index in [0.717, 1.165) is 23.6 Å². The Morgan fingerprint density at radius 3 is 2.14 bits per heavy atom. The molecular formula is C18H19F3N2O4S. The second-order valence-electron chi connectivity index (χ2n) is 6.11. The van der Waals surface area contributed by atoms with E-state index in [9.17, 15) is 21.6 Å². The van der Waals surface area contributed by atoms with Gasteiger partial charge in [-0.3, -0.25) is 0 Å². The zero-order valence-corrected chi connectivity index (χ0v) is 15.8. The van der Waals surface area contributed by atoms with Crippen LogP contribution in [0.1, 0.15) is 0 Å². The molecule has 152 valence electrons. The molecule has 0 saturated carbocycles. The van der Waals surface area contributed by atoms with E-state index in [0.29, 0.717) is 13.1 Å².